The number of hydrogen-bond donors (Lipinski definition) is 0. The van der Waals surface area contributed by atoms with E-state index >= 15 is 4.57 Å². The molecule has 0 fully saturated rings. The first-order chi connectivity index (χ1) is 17.7. The predicted molar refractivity (Wildman–Crippen MR) is 167 cm³/mol. The van der Waals surface area contributed by atoms with Crippen LogP contribution in [0.4, 0.5) is 0 Å². The van der Waals surface area contributed by atoms with Crippen molar-refractivity contribution >= 4 is 7.82 Å². The molecule has 0 N–H and O–H groups in total. The Morgan fingerprint density at radius 3 is 0.763 bits per heavy atom. The lowest BCUT2D eigenvalue weighted by Gasteiger charge is -2.45. The quantitative estimate of drug-likeness (QED) is 0.110. The summed E-state index contributed by atoms with van der Waals surface area (Å²) in [7, 11) is -3.93. The molecule has 230 valence electrons. The van der Waals surface area contributed by atoms with Crippen LogP contribution in [-0.2, 0) is 18.1 Å². The minimum absolute atomic E-state index is 0.431. The maximum atomic E-state index is 15.4. The summed E-state index contributed by atoms with van der Waals surface area (Å²) in [6.45, 7) is 26.7. The zero-order valence-electron chi connectivity index (χ0n) is 27.9. The van der Waals surface area contributed by atoms with Gasteiger partial charge < -0.3 is 0 Å². The Balaban J connectivity index is 7.06. The summed E-state index contributed by atoms with van der Waals surface area (Å²) in [5.74, 6) is 1.29. The van der Waals surface area contributed by atoms with Crippen LogP contribution in [0.1, 0.15) is 179 Å². The first-order valence-corrected chi connectivity index (χ1v) is 17.9. The Labute approximate surface area is 239 Å². The molecule has 5 heteroatoms. The van der Waals surface area contributed by atoms with Gasteiger partial charge in [0.25, 0.3) is 0 Å². The van der Waals surface area contributed by atoms with Crippen molar-refractivity contribution in [1.82, 2.24) is 0 Å². The maximum absolute atomic E-state index is 15.4. The van der Waals surface area contributed by atoms with E-state index in [1.54, 1.807) is 0 Å². The highest BCUT2D eigenvalue weighted by Crippen LogP contribution is 2.63. The normalized spacial score (nSPS) is 13.9. The van der Waals surface area contributed by atoms with Gasteiger partial charge in [0.2, 0.25) is 0 Å². The Morgan fingerprint density at radius 1 is 0.447 bits per heavy atom. The molecule has 0 rings (SSSR count). The van der Waals surface area contributed by atoms with E-state index in [4.69, 9.17) is 13.6 Å². The van der Waals surface area contributed by atoms with E-state index in [9.17, 15) is 0 Å². The fourth-order valence-electron chi connectivity index (χ4n) is 7.11. The Bertz CT molecular complexity index is 539. The molecule has 0 saturated heterocycles. The van der Waals surface area contributed by atoms with Crippen molar-refractivity contribution in [3.05, 3.63) is 0 Å². The molecule has 0 aromatic carbocycles. The summed E-state index contributed by atoms with van der Waals surface area (Å²) in [6.07, 6.45) is 13.7. The fourth-order valence-corrected chi connectivity index (χ4v) is 9.41. The lowest BCUT2D eigenvalue weighted by Crippen LogP contribution is -2.41. The van der Waals surface area contributed by atoms with Gasteiger partial charge in [0.05, 0.1) is 16.8 Å². The van der Waals surface area contributed by atoms with Gasteiger partial charge >= 0.3 is 7.82 Å². The van der Waals surface area contributed by atoms with Crippen LogP contribution in [0.15, 0.2) is 0 Å². The first-order valence-electron chi connectivity index (χ1n) is 16.5. The molecule has 0 aromatic rings. The summed E-state index contributed by atoms with van der Waals surface area (Å²) in [5, 5.41) is 0. The van der Waals surface area contributed by atoms with Gasteiger partial charge in [-0.2, -0.15) is 0 Å². The van der Waals surface area contributed by atoms with Gasteiger partial charge in [-0.05, 0) is 75.5 Å². The van der Waals surface area contributed by atoms with Crippen LogP contribution in [0.2, 0.25) is 0 Å². The molecule has 0 atom stereocenters. The molecular formula is C33H69O4P. The van der Waals surface area contributed by atoms with E-state index in [-0.39, 0.29) is 0 Å². The van der Waals surface area contributed by atoms with E-state index in [0.717, 1.165) is 96.3 Å². The largest absolute Gasteiger partial charge is 0.476 e. The van der Waals surface area contributed by atoms with Gasteiger partial charge in [0.1, 0.15) is 0 Å². The van der Waals surface area contributed by atoms with Crippen LogP contribution < -0.4 is 0 Å². The molecule has 0 heterocycles. The van der Waals surface area contributed by atoms with Crippen LogP contribution in [-0.4, -0.2) is 16.8 Å². The lowest BCUT2D eigenvalue weighted by atomic mass is 9.85. The SMILES string of the molecule is CCCC(CCC)(CC(C)C)OP(=O)(OC(CCC)(CCC)CC(C)C)OC(CCC)(CCC)CC(C)C. The fraction of sp³-hybridized carbons (Fsp3) is 1.00. The molecule has 0 bridgehead atoms. The van der Waals surface area contributed by atoms with E-state index in [2.05, 4.69) is 83.1 Å². The number of phosphoric ester groups is 1. The van der Waals surface area contributed by atoms with Gasteiger partial charge in [0, 0.05) is 0 Å². The van der Waals surface area contributed by atoms with Crippen molar-refractivity contribution in [3.63, 3.8) is 0 Å². The van der Waals surface area contributed by atoms with Crippen LogP contribution >= 0.6 is 7.82 Å². The molecule has 38 heavy (non-hydrogen) atoms. The van der Waals surface area contributed by atoms with Gasteiger partial charge in [0.15, 0.2) is 0 Å². The molecule has 0 aliphatic heterocycles. The summed E-state index contributed by atoms with van der Waals surface area (Å²) in [5.41, 5.74) is -1.51. The smallest absolute Gasteiger partial charge is 0.280 e. The maximum Gasteiger partial charge on any atom is 0.476 e. The average molecular weight is 561 g/mol. The second-order valence-corrected chi connectivity index (χ2v) is 15.0. The van der Waals surface area contributed by atoms with Gasteiger partial charge in [-0.3, -0.25) is 13.6 Å². The van der Waals surface area contributed by atoms with Crippen LogP contribution in [0, 0.1) is 17.8 Å². The van der Waals surface area contributed by atoms with Crippen LogP contribution in [0.25, 0.3) is 0 Å². The number of phosphoric acid groups is 1. The third-order valence-electron chi connectivity index (χ3n) is 7.49. The second-order valence-electron chi connectivity index (χ2n) is 13.6. The third-order valence-corrected chi connectivity index (χ3v) is 9.32. The van der Waals surface area contributed by atoms with E-state index in [1.807, 2.05) is 0 Å². The Kier molecular flexibility index (Phi) is 18.6. The molecule has 0 radical (unpaired) electrons. The minimum atomic E-state index is -3.93. The van der Waals surface area contributed by atoms with Crippen molar-refractivity contribution in [2.45, 2.75) is 196 Å². The van der Waals surface area contributed by atoms with Crippen LogP contribution in [0.3, 0.4) is 0 Å². The van der Waals surface area contributed by atoms with Crippen molar-refractivity contribution in [1.29, 1.82) is 0 Å². The molecular weight excluding hydrogens is 491 g/mol. The van der Waals surface area contributed by atoms with Gasteiger partial charge in [-0.25, -0.2) is 4.57 Å². The monoisotopic (exact) mass is 560 g/mol. The summed E-state index contributed by atoms with van der Waals surface area (Å²) in [4.78, 5) is 0. The van der Waals surface area contributed by atoms with E-state index in [0.29, 0.717) is 17.8 Å². The molecule has 0 amide bonds. The van der Waals surface area contributed by atoms with Crippen molar-refractivity contribution in [3.8, 4) is 0 Å². The average Bonchev–Trinajstić information content (AvgIpc) is 2.72. The number of rotatable bonds is 24. The van der Waals surface area contributed by atoms with Crippen molar-refractivity contribution in [2.75, 3.05) is 0 Å². The van der Waals surface area contributed by atoms with Crippen LogP contribution in [0.5, 0.6) is 0 Å². The highest BCUT2D eigenvalue weighted by atomic mass is 31.2. The number of hydrogen-bond acceptors (Lipinski definition) is 4. The summed E-state index contributed by atoms with van der Waals surface area (Å²) >= 11 is 0. The predicted octanol–water partition coefficient (Wildman–Crippen LogP) is 12.3. The lowest BCUT2D eigenvalue weighted by molar-refractivity contribution is -0.0943. The summed E-state index contributed by atoms with van der Waals surface area (Å²) in [6, 6.07) is 0. The topological polar surface area (TPSA) is 44.8 Å². The highest BCUT2D eigenvalue weighted by molar-refractivity contribution is 7.48. The highest BCUT2D eigenvalue weighted by Gasteiger charge is 2.50. The zero-order valence-corrected chi connectivity index (χ0v) is 28.8. The van der Waals surface area contributed by atoms with Crippen molar-refractivity contribution < 1.29 is 18.1 Å². The molecule has 0 unspecified atom stereocenters. The molecule has 0 spiro atoms. The first kappa shape index (κ1) is 38.1. The molecule has 0 aromatic heterocycles. The third kappa shape index (κ3) is 13.6. The van der Waals surface area contributed by atoms with E-state index < -0.39 is 24.6 Å². The van der Waals surface area contributed by atoms with Crippen molar-refractivity contribution in [2.24, 2.45) is 17.8 Å². The summed E-state index contributed by atoms with van der Waals surface area (Å²) < 4.78 is 36.4. The second kappa shape index (κ2) is 18.5. The zero-order chi connectivity index (χ0) is 29.5. The molecule has 4 nitrogen and oxygen atoms in total. The Hall–Kier alpha value is 0.110. The Morgan fingerprint density at radius 2 is 0.632 bits per heavy atom. The molecule has 0 saturated carbocycles. The minimum Gasteiger partial charge on any atom is -0.280 e. The van der Waals surface area contributed by atoms with E-state index in [1.165, 1.54) is 0 Å². The molecule has 0 aliphatic rings. The molecule has 0 aliphatic carbocycles. The van der Waals surface area contributed by atoms with Gasteiger partial charge in [-0.1, -0.05) is 122 Å². The van der Waals surface area contributed by atoms with Gasteiger partial charge in [-0.15, -0.1) is 0 Å². The standard InChI is InChI=1S/C33H69O4P/c1-13-19-31(20-14-2,25-28(7)8)35-38(34,36-32(21-15-3,22-16-4)26-29(9)10)37-33(23-17-5,24-18-6)27-30(11)12/h28-30H,13-27H2,1-12H3.